The topological polar surface area (TPSA) is 29.5 Å². The molecular weight excluding hydrogens is 214 g/mol. The van der Waals surface area contributed by atoms with E-state index in [1.807, 2.05) is 6.07 Å². The summed E-state index contributed by atoms with van der Waals surface area (Å²) in [5.74, 6) is 0. The Labute approximate surface area is 102 Å². The van der Waals surface area contributed by atoms with Crippen molar-refractivity contribution >= 4 is 12.0 Å². The van der Waals surface area contributed by atoms with Crippen LogP contribution in [0.25, 0.3) is 0 Å². The zero-order chi connectivity index (χ0) is 12.3. The van der Waals surface area contributed by atoms with E-state index < -0.39 is 0 Å². The van der Waals surface area contributed by atoms with Crippen LogP contribution in [0.3, 0.4) is 0 Å². The zero-order valence-electron chi connectivity index (χ0n) is 10.5. The third-order valence-electron chi connectivity index (χ3n) is 3.32. The van der Waals surface area contributed by atoms with Crippen LogP contribution in [0.15, 0.2) is 12.1 Å². The van der Waals surface area contributed by atoms with Crippen molar-refractivity contribution in [3.63, 3.8) is 0 Å². The lowest BCUT2D eigenvalue weighted by Crippen LogP contribution is -2.36. The first-order valence-electron chi connectivity index (χ1n) is 6.17. The standard InChI is InChI=1S/C14H19NO2/c1-3-12-9-14(11(2)8-13(12)10-16)15-4-6-17-7-5-15/h8-10H,3-7H2,1-2H3. The van der Waals surface area contributed by atoms with Gasteiger partial charge in [0.25, 0.3) is 0 Å². The number of nitrogens with zero attached hydrogens (tertiary/aromatic N) is 1. The van der Waals surface area contributed by atoms with Crippen molar-refractivity contribution in [1.29, 1.82) is 0 Å². The fourth-order valence-corrected chi connectivity index (χ4v) is 2.32. The van der Waals surface area contributed by atoms with E-state index in [9.17, 15) is 4.79 Å². The Hall–Kier alpha value is -1.35. The molecule has 0 aromatic heterocycles. The SMILES string of the molecule is CCc1cc(N2CCOCC2)c(C)cc1C=O. The summed E-state index contributed by atoms with van der Waals surface area (Å²) in [5.41, 5.74) is 4.37. The van der Waals surface area contributed by atoms with Gasteiger partial charge in [0, 0.05) is 24.3 Å². The van der Waals surface area contributed by atoms with Crippen LogP contribution < -0.4 is 4.90 Å². The highest BCUT2D eigenvalue weighted by atomic mass is 16.5. The molecule has 0 radical (unpaired) electrons. The summed E-state index contributed by atoms with van der Waals surface area (Å²) < 4.78 is 5.36. The number of carbonyl (C=O) groups excluding carboxylic acids is 1. The predicted octanol–water partition coefficient (Wildman–Crippen LogP) is 2.21. The minimum absolute atomic E-state index is 0.788. The highest BCUT2D eigenvalue weighted by Crippen LogP contribution is 2.25. The molecule has 0 atom stereocenters. The molecule has 0 unspecified atom stereocenters. The van der Waals surface area contributed by atoms with Crippen molar-refractivity contribution in [2.24, 2.45) is 0 Å². The average molecular weight is 233 g/mol. The number of morpholine rings is 1. The number of benzene rings is 1. The van der Waals surface area contributed by atoms with E-state index in [-0.39, 0.29) is 0 Å². The number of ether oxygens (including phenoxy) is 1. The third-order valence-corrected chi connectivity index (χ3v) is 3.32. The van der Waals surface area contributed by atoms with Gasteiger partial charge in [-0.3, -0.25) is 4.79 Å². The van der Waals surface area contributed by atoms with Crippen LogP contribution in [0.4, 0.5) is 5.69 Å². The van der Waals surface area contributed by atoms with Gasteiger partial charge in [0.05, 0.1) is 13.2 Å². The highest BCUT2D eigenvalue weighted by Gasteiger charge is 2.15. The van der Waals surface area contributed by atoms with E-state index in [0.717, 1.165) is 50.1 Å². The molecule has 1 aliphatic rings. The summed E-state index contributed by atoms with van der Waals surface area (Å²) in [6.07, 6.45) is 1.85. The molecule has 0 aliphatic carbocycles. The Morgan fingerprint density at radius 3 is 2.65 bits per heavy atom. The zero-order valence-corrected chi connectivity index (χ0v) is 10.5. The number of rotatable bonds is 3. The van der Waals surface area contributed by atoms with Crippen molar-refractivity contribution in [3.8, 4) is 0 Å². The minimum Gasteiger partial charge on any atom is -0.378 e. The molecule has 1 aliphatic heterocycles. The largest absolute Gasteiger partial charge is 0.378 e. The van der Waals surface area contributed by atoms with Crippen molar-refractivity contribution in [2.45, 2.75) is 20.3 Å². The normalized spacial score (nSPS) is 16.0. The van der Waals surface area contributed by atoms with Gasteiger partial charge < -0.3 is 9.64 Å². The van der Waals surface area contributed by atoms with E-state index in [1.54, 1.807) is 0 Å². The van der Waals surface area contributed by atoms with Crippen molar-refractivity contribution in [1.82, 2.24) is 0 Å². The fraction of sp³-hybridized carbons (Fsp3) is 0.500. The average Bonchev–Trinajstić information content (AvgIpc) is 2.39. The molecule has 1 fully saturated rings. The van der Waals surface area contributed by atoms with Gasteiger partial charge >= 0.3 is 0 Å². The molecule has 0 spiro atoms. The Kier molecular flexibility index (Phi) is 3.79. The second-order valence-electron chi connectivity index (χ2n) is 4.41. The molecule has 3 nitrogen and oxygen atoms in total. The van der Waals surface area contributed by atoms with E-state index >= 15 is 0 Å². The van der Waals surface area contributed by atoms with E-state index in [1.165, 1.54) is 11.3 Å². The Balaban J connectivity index is 2.35. The lowest BCUT2D eigenvalue weighted by Gasteiger charge is -2.30. The molecule has 0 N–H and O–H groups in total. The molecule has 0 saturated carbocycles. The van der Waals surface area contributed by atoms with Crippen LogP contribution in [0.1, 0.15) is 28.4 Å². The molecule has 0 amide bonds. The van der Waals surface area contributed by atoms with Gasteiger partial charge in [-0.05, 0) is 36.6 Å². The number of hydrogen-bond acceptors (Lipinski definition) is 3. The molecule has 1 heterocycles. The van der Waals surface area contributed by atoms with Gasteiger partial charge in [0.15, 0.2) is 0 Å². The number of aldehydes is 1. The fourth-order valence-electron chi connectivity index (χ4n) is 2.32. The lowest BCUT2D eigenvalue weighted by atomic mass is 10.0. The number of anilines is 1. The number of aryl methyl sites for hydroxylation is 2. The molecular formula is C14H19NO2. The summed E-state index contributed by atoms with van der Waals surface area (Å²) in [6, 6.07) is 4.15. The molecule has 1 aromatic carbocycles. The third kappa shape index (κ3) is 2.50. The van der Waals surface area contributed by atoms with Crippen molar-refractivity contribution in [2.75, 3.05) is 31.2 Å². The first-order valence-corrected chi connectivity index (χ1v) is 6.17. The van der Waals surface area contributed by atoms with E-state index in [4.69, 9.17) is 4.74 Å². The van der Waals surface area contributed by atoms with Gasteiger partial charge in [-0.1, -0.05) is 6.92 Å². The van der Waals surface area contributed by atoms with Crippen molar-refractivity contribution < 1.29 is 9.53 Å². The molecule has 0 bridgehead atoms. The minimum atomic E-state index is 0.788. The van der Waals surface area contributed by atoms with Crippen LogP contribution in [0.5, 0.6) is 0 Å². The molecule has 17 heavy (non-hydrogen) atoms. The van der Waals surface area contributed by atoms with Gasteiger partial charge in [-0.25, -0.2) is 0 Å². The van der Waals surface area contributed by atoms with Crippen LogP contribution in [-0.4, -0.2) is 32.6 Å². The van der Waals surface area contributed by atoms with Gasteiger partial charge in [0.1, 0.15) is 6.29 Å². The number of carbonyl (C=O) groups is 1. The summed E-state index contributed by atoms with van der Waals surface area (Å²) in [6.45, 7) is 7.60. The smallest absolute Gasteiger partial charge is 0.150 e. The summed E-state index contributed by atoms with van der Waals surface area (Å²) in [4.78, 5) is 13.3. The van der Waals surface area contributed by atoms with Crippen LogP contribution in [0, 0.1) is 6.92 Å². The van der Waals surface area contributed by atoms with E-state index in [0.29, 0.717) is 0 Å². The van der Waals surface area contributed by atoms with Crippen LogP contribution in [0.2, 0.25) is 0 Å². The Morgan fingerprint density at radius 1 is 1.35 bits per heavy atom. The Morgan fingerprint density at radius 2 is 2.06 bits per heavy atom. The van der Waals surface area contributed by atoms with Gasteiger partial charge in [0.2, 0.25) is 0 Å². The monoisotopic (exact) mass is 233 g/mol. The number of hydrogen-bond donors (Lipinski definition) is 0. The molecule has 92 valence electrons. The first kappa shape index (κ1) is 12.1. The highest BCUT2D eigenvalue weighted by molar-refractivity contribution is 5.79. The predicted molar refractivity (Wildman–Crippen MR) is 69.0 cm³/mol. The molecule has 1 saturated heterocycles. The molecule has 1 aromatic rings. The van der Waals surface area contributed by atoms with Gasteiger partial charge in [-0.15, -0.1) is 0 Å². The van der Waals surface area contributed by atoms with Crippen molar-refractivity contribution in [3.05, 3.63) is 28.8 Å². The summed E-state index contributed by atoms with van der Waals surface area (Å²) in [5, 5.41) is 0. The van der Waals surface area contributed by atoms with Crippen LogP contribution in [-0.2, 0) is 11.2 Å². The maximum Gasteiger partial charge on any atom is 0.150 e. The molecule has 3 heteroatoms. The lowest BCUT2D eigenvalue weighted by molar-refractivity contribution is 0.112. The quantitative estimate of drug-likeness (QED) is 0.750. The second kappa shape index (κ2) is 5.32. The maximum atomic E-state index is 11.0. The molecule has 2 rings (SSSR count). The summed E-state index contributed by atoms with van der Waals surface area (Å²) in [7, 11) is 0. The maximum absolute atomic E-state index is 11.0. The van der Waals surface area contributed by atoms with E-state index in [2.05, 4.69) is 24.8 Å². The second-order valence-corrected chi connectivity index (χ2v) is 4.41. The van der Waals surface area contributed by atoms with Crippen LogP contribution >= 0.6 is 0 Å². The Bertz CT molecular complexity index is 409. The summed E-state index contributed by atoms with van der Waals surface area (Å²) >= 11 is 0. The van der Waals surface area contributed by atoms with Gasteiger partial charge in [-0.2, -0.15) is 0 Å². The first-order chi connectivity index (χ1) is 8.26.